The predicted octanol–water partition coefficient (Wildman–Crippen LogP) is 3.05. The smallest absolute Gasteiger partial charge is 0.408 e. The molecule has 0 unspecified atom stereocenters. The van der Waals surface area contributed by atoms with Crippen LogP contribution in [0.15, 0.2) is 72.2 Å². The van der Waals surface area contributed by atoms with Gasteiger partial charge >= 0.3 is 6.09 Å². The zero-order valence-corrected chi connectivity index (χ0v) is 16.7. The molecule has 9 heteroatoms. The van der Waals surface area contributed by atoms with Crippen LogP contribution in [0.2, 0.25) is 5.02 Å². The lowest BCUT2D eigenvalue weighted by molar-refractivity contribution is -0.123. The Kier molecular flexibility index (Phi) is 7.57. The monoisotopic (exact) mass is 425 g/mol. The van der Waals surface area contributed by atoms with Gasteiger partial charge in [-0.3, -0.25) is 4.79 Å². The first-order valence-electron chi connectivity index (χ1n) is 9.13. The molecule has 2 aromatic carbocycles. The SMILES string of the molecule is O=C(N[C@@H](Cc1cnc[nH]1)C(=O)N/N=C\c1ccccc1Cl)OCc1ccccc1. The van der Waals surface area contributed by atoms with E-state index in [1.165, 1.54) is 12.5 Å². The van der Waals surface area contributed by atoms with Crippen molar-refractivity contribution < 1.29 is 14.3 Å². The normalized spacial score (nSPS) is 11.8. The van der Waals surface area contributed by atoms with Crippen LogP contribution >= 0.6 is 11.6 Å². The summed E-state index contributed by atoms with van der Waals surface area (Å²) in [5.74, 6) is -0.510. The molecule has 1 atom stereocenters. The molecule has 0 radical (unpaired) electrons. The average Bonchev–Trinajstić information content (AvgIpc) is 3.27. The van der Waals surface area contributed by atoms with Crippen molar-refractivity contribution in [3.63, 3.8) is 0 Å². The van der Waals surface area contributed by atoms with Crippen LogP contribution in [-0.4, -0.2) is 34.2 Å². The lowest BCUT2D eigenvalue weighted by Crippen LogP contribution is -2.47. The van der Waals surface area contributed by atoms with Gasteiger partial charge in [0.2, 0.25) is 0 Å². The minimum absolute atomic E-state index is 0.0930. The fourth-order valence-electron chi connectivity index (χ4n) is 2.56. The number of amides is 2. The Morgan fingerprint density at radius 3 is 2.67 bits per heavy atom. The van der Waals surface area contributed by atoms with Crippen LogP contribution in [0.4, 0.5) is 4.79 Å². The van der Waals surface area contributed by atoms with Crippen molar-refractivity contribution in [1.29, 1.82) is 0 Å². The summed E-state index contributed by atoms with van der Waals surface area (Å²) in [6.07, 6.45) is 3.97. The third-order valence-corrected chi connectivity index (χ3v) is 4.43. The molecule has 0 bridgehead atoms. The van der Waals surface area contributed by atoms with Crippen molar-refractivity contribution in [1.82, 2.24) is 20.7 Å². The van der Waals surface area contributed by atoms with Crippen LogP contribution in [0.5, 0.6) is 0 Å². The van der Waals surface area contributed by atoms with Crippen LogP contribution in [-0.2, 0) is 22.6 Å². The standard InChI is InChI=1S/C21H20ClN5O3/c22-18-9-5-4-8-16(18)11-25-27-20(28)19(10-17-12-23-14-24-17)26-21(29)30-13-15-6-2-1-3-7-15/h1-9,11-12,14,19H,10,13H2,(H,23,24)(H,26,29)(H,27,28)/b25-11-/t19-/m0/s1. The van der Waals surface area contributed by atoms with Gasteiger partial charge in [-0.2, -0.15) is 5.10 Å². The summed E-state index contributed by atoms with van der Waals surface area (Å²) in [6, 6.07) is 15.4. The van der Waals surface area contributed by atoms with Gasteiger partial charge in [-0.25, -0.2) is 15.2 Å². The molecular formula is C21H20ClN5O3. The molecule has 30 heavy (non-hydrogen) atoms. The fraction of sp³-hybridized carbons (Fsp3) is 0.143. The predicted molar refractivity (Wildman–Crippen MR) is 113 cm³/mol. The molecule has 3 rings (SSSR count). The highest BCUT2D eigenvalue weighted by molar-refractivity contribution is 6.33. The maximum absolute atomic E-state index is 12.6. The molecule has 0 fully saturated rings. The number of imidazole rings is 1. The molecule has 0 spiro atoms. The number of nitrogens with one attached hydrogen (secondary N) is 3. The lowest BCUT2D eigenvalue weighted by Gasteiger charge is -2.16. The van der Waals surface area contributed by atoms with E-state index in [1.54, 1.807) is 30.5 Å². The number of ether oxygens (including phenoxy) is 1. The van der Waals surface area contributed by atoms with E-state index in [0.717, 1.165) is 5.56 Å². The van der Waals surface area contributed by atoms with Crippen molar-refractivity contribution >= 4 is 29.8 Å². The molecule has 1 aromatic heterocycles. The number of halogens is 1. The molecule has 1 heterocycles. The fourth-order valence-corrected chi connectivity index (χ4v) is 2.74. The number of aromatic nitrogens is 2. The molecule has 3 N–H and O–H groups in total. The van der Waals surface area contributed by atoms with E-state index in [4.69, 9.17) is 16.3 Å². The number of carbonyl (C=O) groups is 2. The number of aromatic amines is 1. The first kappa shape index (κ1) is 21.1. The van der Waals surface area contributed by atoms with Gasteiger partial charge < -0.3 is 15.0 Å². The lowest BCUT2D eigenvalue weighted by atomic mass is 10.1. The number of hydrogen-bond donors (Lipinski definition) is 3. The summed E-state index contributed by atoms with van der Waals surface area (Å²) in [5.41, 5.74) is 4.58. The Hall–Kier alpha value is -3.65. The maximum Gasteiger partial charge on any atom is 0.408 e. The Bertz CT molecular complexity index is 993. The minimum Gasteiger partial charge on any atom is -0.445 e. The summed E-state index contributed by atoms with van der Waals surface area (Å²) in [7, 11) is 0. The molecular weight excluding hydrogens is 406 g/mol. The van der Waals surface area contributed by atoms with Crippen LogP contribution < -0.4 is 10.7 Å². The van der Waals surface area contributed by atoms with Crippen molar-refractivity contribution in [3.8, 4) is 0 Å². The summed E-state index contributed by atoms with van der Waals surface area (Å²) in [6.45, 7) is 0.0930. The van der Waals surface area contributed by atoms with Crippen LogP contribution in [0, 0.1) is 0 Å². The van der Waals surface area contributed by atoms with E-state index in [0.29, 0.717) is 16.3 Å². The van der Waals surface area contributed by atoms with E-state index in [9.17, 15) is 9.59 Å². The number of hydrogen-bond acceptors (Lipinski definition) is 5. The number of nitrogens with zero attached hydrogens (tertiary/aromatic N) is 2. The van der Waals surface area contributed by atoms with Gasteiger partial charge in [0.25, 0.3) is 5.91 Å². The summed E-state index contributed by atoms with van der Waals surface area (Å²) < 4.78 is 5.21. The highest BCUT2D eigenvalue weighted by Gasteiger charge is 2.22. The number of benzene rings is 2. The van der Waals surface area contributed by atoms with E-state index < -0.39 is 18.0 Å². The van der Waals surface area contributed by atoms with Gasteiger partial charge in [0.1, 0.15) is 12.6 Å². The summed E-state index contributed by atoms with van der Waals surface area (Å²) in [5, 5.41) is 7.00. The second-order valence-corrected chi connectivity index (χ2v) is 6.70. The van der Waals surface area contributed by atoms with Crippen molar-refractivity contribution in [2.24, 2.45) is 5.10 Å². The van der Waals surface area contributed by atoms with Crippen LogP contribution in [0.3, 0.4) is 0 Å². The minimum atomic E-state index is -0.919. The van der Waals surface area contributed by atoms with Gasteiger partial charge in [0.05, 0.1) is 12.5 Å². The second-order valence-electron chi connectivity index (χ2n) is 6.30. The molecule has 0 aliphatic carbocycles. The number of rotatable bonds is 8. The molecule has 8 nitrogen and oxygen atoms in total. The van der Waals surface area contributed by atoms with Crippen LogP contribution in [0.25, 0.3) is 0 Å². The van der Waals surface area contributed by atoms with Crippen molar-refractivity contribution in [2.45, 2.75) is 19.1 Å². The number of H-pyrrole nitrogens is 1. The second kappa shape index (κ2) is 10.8. The van der Waals surface area contributed by atoms with Crippen molar-refractivity contribution in [2.75, 3.05) is 0 Å². The number of hydrazone groups is 1. The molecule has 3 aromatic rings. The van der Waals surface area contributed by atoms with E-state index >= 15 is 0 Å². The van der Waals surface area contributed by atoms with Crippen molar-refractivity contribution in [3.05, 3.63) is 89.0 Å². The van der Waals surface area contributed by atoms with Crippen LogP contribution in [0.1, 0.15) is 16.8 Å². The highest BCUT2D eigenvalue weighted by atomic mass is 35.5. The van der Waals surface area contributed by atoms with E-state index in [-0.39, 0.29) is 13.0 Å². The maximum atomic E-state index is 12.6. The molecule has 0 aliphatic rings. The molecule has 0 saturated carbocycles. The van der Waals surface area contributed by atoms with Gasteiger partial charge in [-0.15, -0.1) is 0 Å². The third kappa shape index (κ3) is 6.46. The first-order chi connectivity index (χ1) is 14.6. The molecule has 0 aliphatic heterocycles. The van der Waals surface area contributed by atoms with E-state index in [1.807, 2.05) is 30.3 Å². The number of carbonyl (C=O) groups excluding carboxylic acids is 2. The Balaban J connectivity index is 1.60. The first-order valence-corrected chi connectivity index (χ1v) is 9.51. The van der Waals surface area contributed by atoms with E-state index in [2.05, 4.69) is 25.8 Å². The number of alkyl carbamates (subject to hydrolysis) is 1. The zero-order valence-electron chi connectivity index (χ0n) is 15.9. The summed E-state index contributed by atoms with van der Waals surface area (Å²) >= 11 is 6.06. The third-order valence-electron chi connectivity index (χ3n) is 4.08. The molecule has 154 valence electrons. The van der Waals surface area contributed by atoms with Gasteiger partial charge in [0, 0.05) is 28.9 Å². The molecule has 0 saturated heterocycles. The van der Waals surface area contributed by atoms with Gasteiger partial charge in [-0.1, -0.05) is 60.1 Å². The quantitative estimate of drug-likeness (QED) is 0.380. The average molecular weight is 426 g/mol. The topological polar surface area (TPSA) is 108 Å². The zero-order chi connectivity index (χ0) is 21.2. The molecule has 2 amide bonds. The summed E-state index contributed by atoms with van der Waals surface area (Å²) in [4.78, 5) is 31.6. The Labute approximate surface area is 178 Å². The Morgan fingerprint density at radius 1 is 1.17 bits per heavy atom. The van der Waals surface area contributed by atoms with Gasteiger partial charge in [0.15, 0.2) is 0 Å². The Morgan fingerprint density at radius 2 is 1.93 bits per heavy atom. The van der Waals surface area contributed by atoms with Gasteiger partial charge in [-0.05, 0) is 11.6 Å². The highest BCUT2D eigenvalue weighted by Crippen LogP contribution is 2.12. The largest absolute Gasteiger partial charge is 0.445 e.